The first kappa shape index (κ1) is 14.3. The molecule has 3 nitrogen and oxygen atoms in total. The van der Waals surface area contributed by atoms with Gasteiger partial charge in [-0.2, -0.15) is 5.10 Å². The van der Waals surface area contributed by atoms with E-state index in [9.17, 15) is 0 Å². The van der Waals surface area contributed by atoms with Crippen molar-refractivity contribution < 1.29 is 4.74 Å². The second-order valence-electron chi connectivity index (χ2n) is 6.54. The molecule has 0 aliphatic carbocycles. The molecule has 0 amide bonds. The molecule has 118 valence electrons. The van der Waals surface area contributed by atoms with Crippen LogP contribution in [0.3, 0.4) is 0 Å². The molecule has 0 N–H and O–H groups in total. The molecule has 2 atom stereocenters. The van der Waals surface area contributed by atoms with Crippen molar-refractivity contribution in [1.82, 2.24) is 5.01 Å². The average molecular weight is 306 g/mol. The molecule has 0 spiro atoms. The van der Waals surface area contributed by atoms with Crippen molar-refractivity contribution in [2.24, 2.45) is 5.10 Å². The van der Waals surface area contributed by atoms with Gasteiger partial charge in [-0.05, 0) is 18.6 Å². The van der Waals surface area contributed by atoms with Crippen LogP contribution in [0.15, 0.2) is 59.7 Å². The third-order valence-electron chi connectivity index (χ3n) is 4.82. The molecule has 4 rings (SSSR count). The number of ether oxygens (including phenoxy) is 1. The fourth-order valence-corrected chi connectivity index (χ4v) is 3.76. The van der Waals surface area contributed by atoms with Crippen molar-refractivity contribution in [2.45, 2.75) is 44.9 Å². The van der Waals surface area contributed by atoms with Crippen LogP contribution in [-0.2, 0) is 0 Å². The van der Waals surface area contributed by atoms with Crippen molar-refractivity contribution in [3.63, 3.8) is 0 Å². The zero-order chi connectivity index (χ0) is 15.9. The Balaban J connectivity index is 1.78. The van der Waals surface area contributed by atoms with Gasteiger partial charge < -0.3 is 4.74 Å². The van der Waals surface area contributed by atoms with Crippen LogP contribution < -0.4 is 4.74 Å². The lowest BCUT2D eigenvalue weighted by atomic mass is 9.94. The summed E-state index contributed by atoms with van der Waals surface area (Å²) < 4.78 is 6.38. The molecular weight excluding hydrogens is 284 g/mol. The zero-order valence-electron chi connectivity index (χ0n) is 13.7. The molecule has 2 aliphatic heterocycles. The molecule has 0 saturated heterocycles. The molecule has 0 bridgehead atoms. The van der Waals surface area contributed by atoms with Crippen LogP contribution in [0.2, 0.25) is 0 Å². The van der Waals surface area contributed by atoms with Crippen LogP contribution in [-0.4, -0.2) is 16.4 Å². The van der Waals surface area contributed by atoms with Gasteiger partial charge in [-0.3, -0.25) is 0 Å². The number of hydrazone groups is 1. The quantitative estimate of drug-likeness (QED) is 0.817. The lowest BCUT2D eigenvalue weighted by Crippen LogP contribution is -2.51. The van der Waals surface area contributed by atoms with Gasteiger partial charge in [0, 0.05) is 18.4 Å². The first-order valence-electron chi connectivity index (χ1n) is 8.41. The van der Waals surface area contributed by atoms with E-state index in [4.69, 9.17) is 9.84 Å². The summed E-state index contributed by atoms with van der Waals surface area (Å²) in [6.07, 6.45) is 2.96. The summed E-state index contributed by atoms with van der Waals surface area (Å²) >= 11 is 0. The minimum Gasteiger partial charge on any atom is -0.466 e. The fourth-order valence-electron chi connectivity index (χ4n) is 3.76. The Bertz CT molecular complexity index is 740. The highest BCUT2D eigenvalue weighted by atomic mass is 16.5. The second kappa shape index (κ2) is 5.41. The predicted octanol–water partition coefficient (Wildman–Crippen LogP) is 4.75. The molecule has 2 aromatic rings. The highest BCUT2D eigenvalue weighted by molar-refractivity contribution is 6.01. The van der Waals surface area contributed by atoms with Crippen molar-refractivity contribution in [1.29, 1.82) is 0 Å². The summed E-state index contributed by atoms with van der Waals surface area (Å²) in [7, 11) is 0. The van der Waals surface area contributed by atoms with E-state index < -0.39 is 0 Å². The van der Waals surface area contributed by atoms with E-state index in [2.05, 4.69) is 67.4 Å². The molecule has 0 saturated carbocycles. The van der Waals surface area contributed by atoms with E-state index in [-0.39, 0.29) is 11.8 Å². The van der Waals surface area contributed by atoms with Crippen LogP contribution in [0.1, 0.15) is 50.3 Å². The summed E-state index contributed by atoms with van der Waals surface area (Å²) in [6, 6.07) is 19.1. The smallest absolute Gasteiger partial charge is 0.195 e. The van der Waals surface area contributed by atoms with Gasteiger partial charge in [0.15, 0.2) is 5.72 Å². The number of benzene rings is 2. The standard InChI is InChI=1S/C20H22N2O/c1-3-13-20(2)22-18(16-11-7-8-12-19(16)23-20)14-17(21-22)15-9-5-4-6-10-15/h4-12,18H,3,13-14H2,1-2H3/t18-,20-/m1/s1. The molecule has 0 unspecified atom stereocenters. The van der Waals surface area contributed by atoms with Crippen molar-refractivity contribution in [3.05, 3.63) is 65.7 Å². The largest absolute Gasteiger partial charge is 0.466 e. The predicted molar refractivity (Wildman–Crippen MR) is 92.6 cm³/mol. The summed E-state index contributed by atoms with van der Waals surface area (Å²) in [5.41, 5.74) is 3.23. The summed E-state index contributed by atoms with van der Waals surface area (Å²) in [6.45, 7) is 4.36. The van der Waals surface area contributed by atoms with Crippen LogP contribution in [0.25, 0.3) is 0 Å². The average Bonchev–Trinajstić information content (AvgIpc) is 3.03. The Morgan fingerprint density at radius 1 is 1.13 bits per heavy atom. The van der Waals surface area contributed by atoms with Crippen molar-refractivity contribution in [3.8, 4) is 5.75 Å². The molecule has 3 heteroatoms. The van der Waals surface area contributed by atoms with E-state index in [0.717, 1.165) is 30.7 Å². The fraction of sp³-hybridized carbons (Fsp3) is 0.350. The molecule has 2 aromatic carbocycles. The van der Waals surface area contributed by atoms with Gasteiger partial charge in [-0.1, -0.05) is 61.9 Å². The van der Waals surface area contributed by atoms with E-state index in [1.165, 1.54) is 11.1 Å². The third-order valence-corrected chi connectivity index (χ3v) is 4.82. The molecular formula is C20H22N2O. The minimum atomic E-state index is -0.371. The van der Waals surface area contributed by atoms with Gasteiger partial charge in [0.1, 0.15) is 5.75 Å². The number of rotatable bonds is 3. The van der Waals surface area contributed by atoms with Crippen LogP contribution >= 0.6 is 0 Å². The van der Waals surface area contributed by atoms with Crippen LogP contribution in [0.5, 0.6) is 5.75 Å². The molecule has 0 fully saturated rings. The minimum absolute atomic E-state index is 0.270. The lowest BCUT2D eigenvalue weighted by Gasteiger charge is -2.45. The Labute approximate surface area is 137 Å². The molecule has 0 radical (unpaired) electrons. The van der Waals surface area contributed by atoms with Crippen LogP contribution in [0.4, 0.5) is 0 Å². The van der Waals surface area contributed by atoms with E-state index in [1.54, 1.807) is 0 Å². The third kappa shape index (κ3) is 2.31. The number of para-hydroxylation sites is 1. The van der Waals surface area contributed by atoms with Crippen LogP contribution in [0, 0.1) is 0 Å². The summed E-state index contributed by atoms with van der Waals surface area (Å²) in [4.78, 5) is 0. The summed E-state index contributed by atoms with van der Waals surface area (Å²) in [5, 5.41) is 7.17. The Morgan fingerprint density at radius 3 is 2.65 bits per heavy atom. The zero-order valence-corrected chi connectivity index (χ0v) is 13.7. The van der Waals surface area contributed by atoms with Gasteiger partial charge in [-0.25, -0.2) is 5.01 Å². The topological polar surface area (TPSA) is 24.8 Å². The first-order chi connectivity index (χ1) is 11.2. The van der Waals surface area contributed by atoms with Gasteiger partial charge in [0.2, 0.25) is 0 Å². The van der Waals surface area contributed by atoms with Gasteiger partial charge in [-0.15, -0.1) is 0 Å². The maximum Gasteiger partial charge on any atom is 0.195 e. The Hall–Kier alpha value is -2.29. The first-order valence-corrected chi connectivity index (χ1v) is 8.41. The SMILES string of the molecule is CCC[C@@]1(C)Oc2ccccc2[C@H]2CC(c3ccccc3)=NN21. The van der Waals surface area contributed by atoms with Gasteiger partial charge in [0.25, 0.3) is 0 Å². The van der Waals surface area contributed by atoms with Gasteiger partial charge >= 0.3 is 0 Å². The molecule has 2 aliphatic rings. The van der Waals surface area contributed by atoms with E-state index in [1.807, 2.05) is 6.07 Å². The number of hydrogen-bond donors (Lipinski definition) is 0. The number of nitrogens with zero attached hydrogens (tertiary/aromatic N) is 2. The second-order valence-corrected chi connectivity index (χ2v) is 6.54. The number of hydrogen-bond acceptors (Lipinski definition) is 3. The molecule has 0 aromatic heterocycles. The van der Waals surface area contributed by atoms with Gasteiger partial charge in [0.05, 0.1) is 11.8 Å². The van der Waals surface area contributed by atoms with E-state index >= 15 is 0 Å². The maximum atomic E-state index is 6.38. The normalized spacial score (nSPS) is 25.4. The number of fused-ring (bicyclic) bond motifs is 3. The lowest BCUT2D eigenvalue weighted by molar-refractivity contribution is -0.111. The highest BCUT2D eigenvalue weighted by Gasteiger charge is 2.46. The summed E-state index contributed by atoms with van der Waals surface area (Å²) in [5.74, 6) is 1.01. The highest BCUT2D eigenvalue weighted by Crippen LogP contribution is 2.47. The maximum absolute atomic E-state index is 6.38. The van der Waals surface area contributed by atoms with Crippen molar-refractivity contribution >= 4 is 5.71 Å². The monoisotopic (exact) mass is 306 g/mol. The molecule has 23 heavy (non-hydrogen) atoms. The van der Waals surface area contributed by atoms with E-state index in [0.29, 0.717) is 0 Å². The van der Waals surface area contributed by atoms with Crippen molar-refractivity contribution in [2.75, 3.05) is 0 Å². The Morgan fingerprint density at radius 2 is 1.87 bits per heavy atom. The Kier molecular flexibility index (Phi) is 3.37. The molecule has 2 heterocycles.